The fourth-order valence-electron chi connectivity index (χ4n) is 6.77. The van der Waals surface area contributed by atoms with Gasteiger partial charge in [-0.05, 0) is 35.4 Å². The molecule has 302 valence electrons. The molecule has 0 fully saturated rings. The Morgan fingerprint density at radius 2 is 1.08 bits per heavy atom. The molecule has 0 aliphatic rings. The molecule has 0 radical (unpaired) electrons. The molecule has 0 aliphatic carbocycles. The van der Waals surface area contributed by atoms with Gasteiger partial charge in [0.25, 0.3) is 11.1 Å². The number of aromatic nitrogens is 12. The monoisotopic (exact) mass is 848 g/mol. The van der Waals surface area contributed by atoms with E-state index in [1.807, 2.05) is 72.8 Å². The molecule has 0 aliphatic heterocycles. The van der Waals surface area contributed by atoms with Crippen molar-refractivity contribution in [1.29, 1.82) is 0 Å². The van der Waals surface area contributed by atoms with E-state index in [4.69, 9.17) is 9.72 Å². The number of imidazole rings is 2. The average molecular weight is 849 g/mol. The number of methoxy groups -OCH3 is 1. The van der Waals surface area contributed by atoms with Crippen molar-refractivity contribution in [3.8, 4) is 5.75 Å². The molecule has 6 aromatic heterocycles. The second-order valence-corrected chi connectivity index (χ2v) is 15.4. The van der Waals surface area contributed by atoms with Gasteiger partial charge < -0.3 is 14.7 Å². The van der Waals surface area contributed by atoms with Gasteiger partial charge in [-0.15, -0.1) is 0 Å². The molecule has 2 N–H and O–H groups in total. The topological polar surface area (TPSA) is 188 Å². The van der Waals surface area contributed by atoms with E-state index in [2.05, 4.69) is 44.9 Å². The average Bonchev–Trinajstić information content (AvgIpc) is 3.99. The molecule has 0 unspecified atom stereocenters. The second-order valence-electron chi connectivity index (χ2n) is 13.4. The first kappa shape index (κ1) is 39.2. The van der Waals surface area contributed by atoms with Crippen molar-refractivity contribution in [2.45, 2.75) is 34.6 Å². The van der Waals surface area contributed by atoms with Crippen LogP contribution < -0.4 is 15.9 Å². The highest BCUT2D eigenvalue weighted by molar-refractivity contribution is 7.98. The van der Waals surface area contributed by atoms with Gasteiger partial charge in [-0.1, -0.05) is 96.3 Å². The summed E-state index contributed by atoms with van der Waals surface area (Å²) in [5, 5.41) is 1.94. The molecule has 0 saturated heterocycles. The van der Waals surface area contributed by atoms with Gasteiger partial charge in [0.05, 0.1) is 55.4 Å². The number of nitrogens with zero attached hydrogens (tertiary/aromatic N) is 10. The largest absolute Gasteiger partial charge is 0.496 e. The number of rotatable bonds is 11. The van der Waals surface area contributed by atoms with Crippen LogP contribution in [-0.2, 0) is 24.6 Å². The van der Waals surface area contributed by atoms with Gasteiger partial charge in [0, 0.05) is 0 Å². The second kappa shape index (κ2) is 17.5. The Balaban J connectivity index is 0.000000156. The molecule has 6 heterocycles. The maximum Gasteiger partial charge on any atom is 0.265 e. The highest BCUT2D eigenvalue weighted by atomic mass is 32.2. The van der Waals surface area contributed by atoms with Crippen LogP contribution in [0.2, 0.25) is 0 Å². The van der Waals surface area contributed by atoms with Crippen LogP contribution in [0.25, 0.3) is 44.1 Å². The molecule has 4 aromatic carbocycles. The van der Waals surface area contributed by atoms with Crippen LogP contribution in [0.4, 0.5) is 4.39 Å². The minimum atomic E-state index is -0.569. The van der Waals surface area contributed by atoms with Crippen molar-refractivity contribution in [3.63, 3.8) is 0 Å². The zero-order valence-corrected chi connectivity index (χ0v) is 33.9. The number of aromatic amines is 2. The molecule has 0 saturated carbocycles. The molecular weight excluding hydrogens is 816 g/mol. The maximum absolute atomic E-state index is 14.4. The SMILES string of the molecule is COc1cccc2nc(CSc3ncnc4nc[nH]c34)n(Cc3ccccc3)c(=O)c12.O=c1c2c(F)cccc2nc(CSc2ncnc3nc[nH]c23)n1Cc1ccccc1. The minimum absolute atomic E-state index is 0.000163. The summed E-state index contributed by atoms with van der Waals surface area (Å²) in [6.07, 6.45) is 6.09. The van der Waals surface area contributed by atoms with Crippen LogP contribution in [0.5, 0.6) is 5.75 Å². The number of hydrogen-bond donors (Lipinski definition) is 2. The predicted octanol–water partition coefficient (Wildman–Crippen LogP) is 6.95. The summed E-state index contributed by atoms with van der Waals surface area (Å²) in [5.41, 5.74) is 5.05. The Hall–Kier alpha value is -7.31. The molecule has 10 rings (SSSR count). The predicted molar refractivity (Wildman–Crippen MR) is 232 cm³/mol. The van der Waals surface area contributed by atoms with Crippen LogP contribution in [-0.4, -0.2) is 66.1 Å². The Morgan fingerprint density at radius 3 is 1.61 bits per heavy atom. The van der Waals surface area contributed by atoms with E-state index in [0.29, 0.717) is 74.7 Å². The van der Waals surface area contributed by atoms with Gasteiger partial charge in [-0.25, -0.2) is 44.3 Å². The number of benzene rings is 4. The first-order valence-electron chi connectivity index (χ1n) is 18.8. The van der Waals surface area contributed by atoms with Crippen molar-refractivity contribution in [3.05, 3.63) is 172 Å². The van der Waals surface area contributed by atoms with Crippen molar-refractivity contribution in [1.82, 2.24) is 59.0 Å². The lowest BCUT2D eigenvalue weighted by molar-refractivity contribution is 0.419. The summed E-state index contributed by atoms with van der Waals surface area (Å²) in [7, 11) is 1.56. The molecule has 10 aromatic rings. The summed E-state index contributed by atoms with van der Waals surface area (Å²) in [5.74, 6) is 1.98. The molecule has 0 amide bonds. The van der Waals surface area contributed by atoms with E-state index in [9.17, 15) is 14.0 Å². The van der Waals surface area contributed by atoms with Crippen LogP contribution in [0.3, 0.4) is 0 Å². The van der Waals surface area contributed by atoms with Crippen molar-refractivity contribution < 1.29 is 9.13 Å². The molecule has 61 heavy (non-hydrogen) atoms. The Labute approximate surface area is 353 Å². The quantitative estimate of drug-likeness (QED) is 0.101. The number of thioether (sulfide) groups is 2. The van der Waals surface area contributed by atoms with E-state index in [1.165, 1.54) is 46.8 Å². The molecule has 18 heteroatoms. The summed E-state index contributed by atoms with van der Waals surface area (Å²) in [6, 6.07) is 29.4. The number of hydrogen-bond acceptors (Lipinski definition) is 13. The van der Waals surface area contributed by atoms with E-state index >= 15 is 0 Å². The summed E-state index contributed by atoms with van der Waals surface area (Å²) in [4.78, 5) is 67.5. The third-order valence-electron chi connectivity index (χ3n) is 9.68. The summed E-state index contributed by atoms with van der Waals surface area (Å²) >= 11 is 2.90. The first-order chi connectivity index (χ1) is 29.9. The van der Waals surface area contributed by atoms with Gasteiger partial charge in [0.2, 0.25) is 0 Å². The number of ether oxygens (including phenoxy) is 1. The lowest BCUT2D eigenvalue weighted by Crippen LogP contribution is -2.26. The third-order valence-corrected chi connectivity index (χ3v) is 11.6. The first-order valence-corrected chi connectivity index (χ1v) is 20.8. The van der Waals surface area contributed by atoms with Gasteiger partial charge in [0.15, 0.2) is 11.3 Å². The van der Waals surface area contributed by atoms with Crippen LogP contribution in [0.1, 0.15) is 22.8 Å². The van der Waals surface area contributed by atoms with Crippen LogP contribution in [0, 0.1) is 5.82 Å². The Morgan fingerprint density at radius 1 is 0.590 bits per heavy atom. The number of H-pyrrole nitrogens is 2. The fourth-order valence-corrected chi connectivity index (χ4v) is 8.57. The Bertz CT molecular complexity index is 3290. The smallest absolute Gasteiger partial charge is 0.265 e. The zero-order chi connectivity index (χ0) is 41.7. The normalized spacial score (nSPS) is 11.3. The van der Waals surface area contributed by atoms with Crippen molar-refractivity contribution >= 4 is 67.7 Å². The molecule has 15 nitrogen and oxygen atoms in total. The highest BCUT2D eigenvalue weighted by Gasteiger charge is 2.18. The number of halogens is 1. The third kappa shape index (κ3) is 8.17. The van der Waals surface area contributed by atoms with E-state index in [-0.39, 0.29) is 10.9 Å². The fraction of sp³-hybridized carbons (Fsp3) is 0.116. The van der Waals surface area contributed by atoms with Crippen LogP contribution >= 0.6 is 23.5 Å². The van der Waals surface area contributed by atoms with E-state index < -0.39 is 11.4 Å². The number of nitrogens with one attached hydrogen (secondary N) is 2. The van der Waals surface area contributed by atoms with Gasteiger partial charge in [0.1, 0.15) is 67.7 Å². The van der Waals surface area contributed by atoms with E-state index in [0.717, 1.165) is 27.2 Å². The van der Waals surface area contributed by atoms with Crippen molar-refractivity contribution in [2.24, 2.45) is 0 Å². The molecular formula is C43H33FN12O3S2. The van der Waals surface area contributed by atoms with Gasteiger partial charge in [-0.3, -0.25) is 18.7 Å². The minimum Gasteiger partial charge on any atom is -0.496 e. The molecule has 0 spiro atoms. The molecule has 0 atom stereocenters. The summed E-state index contributed by atoms with van der Waals surface area (Å²) in [6.45, 7) is 0.718. The maximum atomic E-state index is 14.4. The molecule has 0 bridgehead atoms. The van der Waals surface area contributed by atoms with Crippen LogP contribution in [0.15, 0.2) is 142 Å². The van der Waals surface area contributed by atoms with E-state index in [1.54, 1.807) is 42.5 Å². The number of fused-ring (bicyclic) bond motifs is 4. The summed E-state index contributed by atoms with van der Waals surface area (Å²) < 4.78 is 23.1. The zero-order valence-electron chi connectivity index (χ0n) is 32.3. The standard InChI is InChI=1S/C22H18N6O2S.C21H15FN6OS/c1-30-16-9-5-8-15-18(16)22(29)28(10-14-6-3-2-4-7-14)17(27-15)11-31-21-19-20(24-12-23-19)25-13-26-21;22-14-7-4-8-15-17(14)21(29)28(9-13-5-2-1-3-6-13)16(27-15)10-30-20-18-19(24-11-23-18)25-12-26-20/h2-9,12-13H,10-11H2,1H3,(H,23,24,25,26);1-8,11-12H,9-10H2,(H,23,24,25,26). The van der Waals surface area contributed by atoms with Crippen molar-refractivity contribution in [2.75, 3.05) is 7.11 Å². The Kier molecular flexibility index (Phi) is 11.2. The lowest BCUT2D eigenvalue weighted by Gasteiger charge is -2.15. The van der Waals surface area contributed by atoms with Gasteiger partial charge in [-0.2, -0.15) is 0 Å². The highest BCUT2D eigenvalue weighted by Crippen LogP contribution is 2.28. The van der Waals surface area contributed by atoms with Gasteiger partial charge >= 0.3 is 0 Å². The lowest BCUT2D eigenvalue weighted by atomic mass is 10.2.